The van der Waals surface area contributed by atoms with Crippen LogP contribution in [-0.2, 0) is 6.42 Å². The first-order valence-electron chi connectivity index (χ1n) is 5.68. The normalized spacial score (nSPS) is 9.80. The quantitative estimate of drug-likeness (QED) is 0.626. The van der Waals surface area contributed by atoms with E-state index in [9.17, 15) is 10.1 Å². The van der Waals surface area contributed by atoms with E-state index in [-0.39, 0.29) is 16.5 Å². The fourth-order valence-corrected chi connectivity index (χ4v) is 1.88. The van der Waals surface area contributed by atoms with Crippen molar-refractivity contribution in [3.8, 4) is 17.6 Å². The van der Waals surface area contributed by atoms with Gasteiger partial charge >= 0.3 is 5.69 Å². The largest absolute Gasteiger partial charge is 0.450 e. The van der Waals surface area contributed by atoms with Crippen molar-refractivity contribution in [2.75, 3.05) is 0 Å². The second-order valence-corrected chi connectivity index (χ2v) is 4.33. The highest BCUT2D eigenvalue weighted by atomic mass is 35.5. The summed E-state index contributed by atoms with van der Waals surface area (Å²) >= 11 is 5.80. The standard InChI is InChI=1S/C14H9ClN2O3/c15-12-2-1-3-13(14(12)17(18)19)20-11-6-4-10(5-7-11)8-9-16/h1-7H,8H2. The summed E-state index contributed by atoms with van der Waals surface area (Å²) in [5.74, 6) is 0.521. The molecule has 0 N–H and O–H groups in total. The fourth-order valence-electron chi connectivity index (χ4n) is 1.65. The zero-order chi connectivity index (χ0) is 14.5. The van der Waals surface area contributed by atoms with Gasteiger partial charge in [-0.15, -0.1) is 0 Å². The second kappa shape index (κ2) is 6.04. The summed E-state index contributed by atoms with van der Waals surface area (Å²) in [7, 11) is 0. The molecule has 2 aromatic rings. The van der Waals surface area contributed by atoms with Crippen LogP contribution in [0.4, 0.5) is 5.69 Å². The molecule has 0 heterocycles. The van der Waals surface area contributed by atoms with Crippen LogP contribution >= 0.6 is 11.6 Å². The van der Waals surface area contributed by atoms with Crippen molar-refractivity contribution < 1.29 is 9.66 Å². The number of halogens is 1. The number of nitrogens with zero attached hydrogens (tertiary/aromatic N) is 2. The number of rotatable bonds is 4. The Morgan fingerprint density at radius 3 is 2.55 bits per heavy atom. The summed E-state index contributed by atoms with van der Waals surface area (Å²) < 4.78 is 5.48. The van der Waals surface area contributed by atoms with Crippen LogP contribution in [0.3, 0.4) is 0 Å². The Hall–Kier alpha value is -2.58. The van der Waals surface area contributed by atoms with Gasteiger partial charge in [0, 0.05) is 0 Å². The molecule has 2 aromatic carbocycles. The maximum absolute atomic E-state index is 11.0. The predicted octanol–water partition coefficient (Wildman–Crippen LogP) is 4.11. The molecule has 0 atom stereocenters. The van der Waals surface area contributed by atoms with Gasteiger partial charge in [-0.25, -0.2) is 0 Å². The molecule has 0 unspecified atom stereocenters. The van der Waals surface area contributed by atoms with E-state index in [1.54, 1.807) is 30.3 Å². The highest BCUT2D eigenvalue weighted by Crippen LogP contribution is 2.36. The SMILES string of the molecule is N#CCc1ccc(Oc2cccc(Cl)c2[N+](=O)[O-])cc1. The maximum Gasteiger partial charge on any atom is 0.329 e. The van der Waals surface area contributed by atoms with E-state index < -0.39 is 4.92 Å². The lowest BCUT2D eigenvalue weighted by Gasteiger charge is -2.07. The highest BCUT2D eigenvalue weighted by molar-refractivity contribution is 6.32. The van der Waals surface area contributed by atoms with Crippen LogP contribution < -0.4 is 4.74 Å². The van der Waals surface area contributed by atoms with Crippen molar-refractivity contribution in [3.05, 3.63) is 63.2 Å². The number of hydrogen-bond donors (Lipinski definition) is 0. The molecule has 0 amide bonds. The average Bonchev–Trinajstić information content (AvgIpc) is 2.41. The van der Waals surface area contributed by atoms with Gasteiger partial charge in [-0.05, 0) is 29.8 Å². The van der Waals surface area contributed by atoms with Crippen LogP contribution in [-0.4, -0.2) is 4.92 Å². The number of nitriles is 1. The molecule has 0 aliphatic heterocycles. The highest BCUT2D eigenvalue weighted by Gasteiger charge is 2.20. The van der Waals surface area contributed by atoms with Crippen molar-refractivity contribution in [3.63, 3.8) is 0 Å². The average molecular weight is 289 g/mol. The molecule has 0 bridgehead atoms. The molecule has 5 nitrogen and oxygen atoms in total. The molecular formula is C14H9ClN2O3. The van der Waals surface area contributed by atoms with E-state index >= 15 is 0 Å². The van der Waals surface area contributed by atoms with Gasteiger partial charge in [0.2, 0.25) is 5.75 Å². The summed E-state index contributed by atoms with van der Waals surface area (Å²) in [5, 5.41) is 19.6. The van der Waals surface area contributed by atoms with Gasteiger partial charge in [-0.3, -0.25) is 10.1 Å². The van der Waals surface area contributed by atoms with Crippen molar-refractivity contribution >= 4 is 17.3 Å². The van der Waals surface area contributed by atoms with E-state index in [4.69, 9.17) is 21.6 Å². The van der Waals surface area contributed by atoms with E-state index in [1.165, 1.54) is 12.1 Å². The summed E-state index contributed by atoms with van der Waals surface area (Å²) in [4.78, 5) is 10.4. The van der Waals surface area contributed by atoms with Gasteiger partial charge < -0.3 is 4.74 Å². The molecule has 0 fully saturated rings. The first-order valence-corrected chi connectivity index (χ1v) is 6.06. The molecule has 2 rings (SSSR count). The molecule has 0 radical (unpaired) electrons. The monoisotopic (exact) mass is 288 g/mol. The molecule has 0 aliphatic carbocycles. The van der Waals surface area contributed by atoms with Crippen molar-refractivity contribution in [1.29, 1.82) is 5.26 Å². The molecule has 0 saturated carbocycles. The predicted molar refractivity (Wildman–Crippen MR) is 73.9 cm³/mol. The van der Waals surface area contributed by atoms with E-state index in [0.29, 0.717) is 12.2 Å². The zero-order valence-corrected chi connectivity index (χ0v) is 11.0. The minimum atomic E-state index is -0.582. The van der Waals surface area contributed by atoms with Crippen LogP contribution in [0.2, 0.25) is 5.02 Å². The molecule has 0 saturated heterocycles. The Morgan fingerprint density at radius 2 is 1.95 bits per heavy atom. The number of nitro benzene ring substituents is 1. The maximum atomic E-state index is 11.0. The first-order chi connectivity index (χ1) is 9.61. The molecule has 20 heavy (non-hydrogen) atoms. The lowest BCUT2D eigenvalue weighted by Crippen LogP contribution is -1.94. The minimum absolute atomic E-state index is 0.0219. The van der Waals surface area contributed by atoms with E-state index in [1.807, 2.05) is 6.07 Å². The number of hydrogen-bond acceptors (Lipinski definition) is 4. The first kappa shape index (κ1) is 13.8. The Morgan fingerprint density at radius 1 is 1.25 bits per heavy atom. The van der Waals surface area contributed by atoms with Crippen LogP contribution in [0.15, 0.2) is 42.5 Å². The lowest BCUT2D eigenvalue weighted by molar-refractivity contribution is -0.385. The molecule has 0 aromatic heterocycles. The van der Waals surface area contributed by atoms with Crippen molar-refractivity contribution in [2.24, 2.45) is 0 Å². The van der Waals surface area contributed by atoms with E-state index in [0.717, 1.165) is 5.56 Å². The summed E-state index contributed by atoms with van der Waals surface area (Å²) in [6.45, 7) is 0. The van der Waals surface area contributed by atoms with Gasteiger partial charge in [0.15, 0.2) is 0 Å². The van der Waals surface area contributed by atoms with Gasteiger partial charge in [0.05, 0.1) is 17.4 Å². The third-order valence-corrected chi connectivity index (χ3v) is 2.87. The molecule has 0 aliphatic rings. The van der Waals surface area contributed by atoms with Gasteiger partial charge in [0.25, 0.3) is 0 Å². The minimum Gasteiger partial charge on any atom is -0.450 e. The Balaban J connectivity index is 2.28. The summed E-state index contributed by atoms with van der Waals surface area (Å²) in [6, 6.07) is 13.3. The van der Waals surface area contributed by atoms with Crippen LogP contribution in [0.5, 0.6) is 11.5 Å². The number of benzene rings is 2. The third kappa shape index (κ3) is 3.05. The summed E-state index contributed by atoms with van der Waals surface area (Å²) in [5.41, 5.74) is 0.579. The van der Waals surface area contributed by atoms with Crippen molar-refractivity contribution in [1.82, 2.24) is 0 Å². The topological polar surface area (TPSA) is 76.2 Å². The van der Waals surface area contributed by atoms with Crippen LogP contribution in [0.1, 0.15) is 5.56 Å². The number of nitro groups is 1. The molecule has 100 valence electrons. The number of para-hydroxylation sites is 1. The van der Waals surface area contributed by atoms with Crippen molar-refractivity contribution in [2.45, 2.75) is 6.42 Å². The molecule has 0 spiro atoms. The second-order valence-electron chi connectivity index (χ2n) is 3.92. The third-order valence-electron chi connectivity index (χ3n) is 2.57. The summed E-state index contributed by atoms with van der Waals surface area (Å²) in [6.07, 6.45) is 0.303. The van der Waals surface area contributed by atoms with Crippen LogP contribution in [0.25, 0.3) is 0 Å². The van der Waals surface area contributed by atoms with Gasteiger partial charge in [-0.1, -0.05) is 29.8 Å². The number of ether oxygens (including phenoxy) is 1. The van der Waals surface area contributed by atoms with Gasteiger partial charge in [-0.2, -0.15) is 5.26 Å². The molecular weight excluding hydrogens is 280 g/mol. The smallest absolute Gasteiger partial charge is 0.329 e. The molecule has 6 heteroatoms. The van der Waals surface area contributed by atoms with Crippen LogP contribution in [0, 0.1) is 21.4 Å². The Kier molecular flexibility index (Phi) is 4.18. The van der Waals surface area contributed by atoms with E-state index in [2.05, 4.69) is 0 Å². The lowest BCUT2D eigenvalue weighted by atomic mass is 10.2. The Labute approximate surface area is 120 Å². The zero-order valence-electron chi connectivity index (χ0n) is 10.2. The van der Waals surface area contributed by atoms with Gasteiger partial charge in [0.1, 0.15) is 10.8 Å². The fraction of sp³-hybridized carbons (Fsp3) is 0.0714. The Bertz CT molecular complexity index is 678.